The van der Waals surface area contributed by atoms with Crippen molar-refractivity contribution in [2.24, 2.45) is 0 Å². The summed E-state index contributed by atoms with van der Waals surface area (Å²) >= 11 is 1.45. The third kappa shape index (κ3) is 6.62. The van der Waals surface area contributed by atoms with Crippen molar-refractivity contribution in [3.05, 3.63) is 66.0 Å². The summed E-state index contributed by atoms with van der Waals surface area (Å²) in [7, 11) is -2.28. The summed E-state index contributed by atoms with van der Waals surface area (Å²) in [5, 5.41) is 6.76. The summed E-state index contributed by atoms with van der Waals surface area (Å²) < 4.78 is 33.4. The van der Waals surface area contributed by atoms with E-state index >= 15 is 0 Å². The van der Waals surface area contributed by atoms with Crippen molar-refractivity contribution >= 4 is 66.5 Å². The smallest absolute Gasteiger partial charge is 0.319 e. The number of aromatic nitrogens is 3. The number of carbonyl (C=O) groups excluding carboxylic acids is 1. The number of sulfonamides is 1. The number of thiazole rings is 1. The van der Waals surface area contributed by atoms with Crippen LogP contribution in [0.5, 0.6) is 0 Å². The minimum atomic E-state index is -3.62. The highest BCUT2D eigenvalue weighted by atomic mass is 32.2. The number of nitrogens with two attached hydrogens (primary N) is 1. The SMILES string of the molecule is COC(=O)CNC1CCN(S(=O)(=O)c2ccc(Nc3ncc(/C=C/c4ccc5nc(N)sc5c4)cn3)cc2)CC1. The molecule has 0 atom stereocenters. The van der Waals surface area contributed by atoms with Crippen LogP contribution in [0.25, 0.3) is 22.4 Å². The Morgan fingerprint density at radius 1 is 1.10 bits per heavy atom. The number of methoxy groups -OCH3 is 1. The lowest BCUT2D eigenvalue weighted by Gasteiger charge is -2.31. The van der Waals surface area contributed by atoms with E-state index < -0.39 is 10.0 Å². The van der Waals surface area contributed by atoms with Crippen molar-refractivity contribution in [1.29, 1.82) is 0 Å². The van der Waals surface area contributed by atoms with Crippen LogP contribution in [-0.2, 0) is 19.6 Å². The summed E-state index contributed by atoms with van der Waals surface area (Å²) in [6, 6.07) is 12.6. The zero-order valence-corrected chi connectivity index (χ0v) is 23.4. The zero-order chi connectivity index (χ0) is 28.1. The predicted octanol–water partition coefficient (Wildman–Crippen LogP) is 3.50. The molecule has 1 aliphatic heterocycles. The summed E-state index contributed by atoms with van der Waals surface area (Å²) in [6.45, 7) is 0.876. The van der Waals surface area contributed by atoms with E-state index in [4.69, 9.17) is 5.73 Å². The third-order valence-electron chi connectivity index (χ3n) is 6.53. The molecule has 4 aromatic rings. The molecule has 1 aliphatic rings. The predicted molar refractivity (Wildman–Crippen MR) is 157 cm³/mol. The molecular formula is C27H29N7O4S2. The Morgan fingerprint density at radius 2 is 1.80 bits per heavy atom. The molecule has 5 rings (SSSR count). The van der Waals surface area contributed by atoms with Crippen LogP contribution in [-0.4, -0.2) is 66.4 Å². The van der Waals surface area contributed by atoms with Gasteiger partial charge in [-0.3, -0.25) is 4.79 Å². The number of hydrogen-bond acceptors (Lipinski definition) is 11. The maximum atomic E-state index is 13.1. The molecule has 0 unspecified atom stereocenters. The van der Waals surface area contributed by atoms with E-state index in [2.05, 4.69) is 30.3 Å². The van der Waals surface area contributed by atoms with Crippen molar-refractivity contribution in [3.8, 4) is 0 Å². The molecule has 0 amide bonds. The molecule has 208 valence electrons. The fraction of sp³-hybridized carbons (Fsp3) is 0.259. The van der Waals surface area contributed by atoms with Crippen molar-refractivity contribution in [2.45, 2.75) is 23.8 Å². The van der Waals surface area contributed by atoms with Gasteiger partial charge in [0.25, 0.3) is 0 Å². The lowest BCUT2D eigenvalue weighted by Crippen LogP contribution is -2.46. The monoisotopic (exact) mass is 579 g/mol. The molecule has 0 radical (unpaired) electrons. The number of esters is 1. The van der Waals surface area contributed by atoms with E-state index in [1.165, 1.54) is 22.8 Å². The lowest BCUT2D eigenvalue weighted by molar-refractivity contribution is -0.139. The summed E-state index contributed by atoms with van der Waals surface area (Å²) in [5.41, 5.74) is 9.19. The van der Waals surface area contributed by atoms with Crippen LogP contribution >= 0.6 is 11.3 Å². The van der Waals surface area contributed by atoms with Crippen LogP contribution < -0.4 is 16.4 Å². The van der Waals surface area contributed by atoms with E-state index in [-0.39, 0.29) is 23.5 Å². The number of fused-ring (bicyclic) bond motifs is 1. The van der Waals surface area contributed by atoms with Crippen LogP contribution in [0.15, 0.2) is 59.8 Å². The number of nitrogens with zero attached hydrogens (tertiary/aromatic N) is 4. The second-order valence-corrected chi connectivity index (χ2v) is 12.2. The van der Waals surface area contributed by atoms with Crippen LogP contribution in [0.1, 0.15) is 24.0 Å². The number of nitrogen functional groups attached to an aromatic ring is 1. The van der Waals surface area contributed by atoms with Gasteiger partial charge in [-0.2, -0.15) is 4.31 Å². The molecule has 11 nitrogen and oxygen atoms in total. The minimum Gasteiger partial charge on any atom is -0.468 e. The summed E-state index contributed by atoms with van der Waals surface area (Å²) in [5.74, 6) is 0.0605. The Morgan fingerprint density at radius 3 is 2.50 bits per heavy atom. The molecular weight excluding hydrogens is 550 g/mol. The molecule has 3 heterocycles. The molecule has 4 N–H and O–H groups in total. The van der Waals surface area contributed by atoms with Gasteiger partial charge in [0.2, 0.25) is 16.0 Å². The molecule has 0 spiro atoms. The molecule has 2 aromatic carbocycles. The average Bonchev–Trinajstić information content (AvgIpc) is 3.35. The van der Waals surface area contributed by atoms with E-state index in [1.54, 1.807) is 36.7 Å². The second-order valence-electron chi connectivity index (χ2n) is 9.24. The van der Waals surface area contributed by atoms with Crippen LogP contribution in [0.3, 0.4) is 0 Å². The number of hydrogen-bond donors (Lipinski definition) is 3. The Hall–Kier alpha value is -3.91. The minimum absolute atomic E-state index is 0.0760. The third-order valence-corrected chi connectivity index (χ3v) is 9.29. The van der Waals surface area contributed by atoms with Gasteiger partial charge in [-0.25, -0.2) is 23.4 Å². The fourth-order valence-corrected chi connectivity index (χ4v) is 6.58. The number of nitrogens with one attached hydrogen (secondary N) is 2. The normalized spacial score (nSPS) is 15.0. The molecule has 0 bridgehead atoms. The Balaban J connectivity index is 1.15. The van der Waals surface area contributed by atoms with Crippen LogP contribution in [0.2, 0.25) is 0 Å². The Labute approximate surface area is 236 Å². The highest BCUT2D eigenvalue weighted by molar-refractivity contribution is 7.89. The number of anilines is 3. The quantitative estimate of drug-likeness (QED) is 0.251. The van der Waals surface area contributed by atoms with Crippen molar-refractivity contribution in [3.63, 3.8) is 0 Å². The van der Waals surface area contributed by atoms with Crippen molar-refractivity contribution in [2.75, 3.05) is 37.8 Å². The number of benzene rings is 2. The van der Waals surface area contributed by atoms with Crippen molar-refractivity contribution in [1.82, 2.24) is 24.6 Å². The largest absolute Gasteiger partial charge is 0.468 e. The van der Waals surface area contributed by atoms with Crippen LogP contribution in [0, 0.1) is 0 Å². The van der Waals surface area contributed by atoms with E-state index in [0.717, 1.165) is 21.3 Å². The van der Waals surface area contributed by atoms with Gasteiger partial charge >= 0.3 is 5.97 Å². The standard InChI is InChI=1S/C27H29N7O4S2/c1-38-25(35)17-29-20-10-12-34(13-11-20)40(36,37)22-7-5-21(6-8-22)32-27-30-15-19(16-31-27)3-2-18-4-9-23-24(14-18)39-26(28)33-23/h2-9,14-16,20,29H,10-13,17H2,1H3,(H2,28,33)(H,30,31,32)/b3-2+. The van der Waals surface area contributed by atoms with Gasteiger partial charge in [-0.05, 0) is 54.8 Å². The first kappa shape index (κ1) is 27.6. The first-order valence-electron chi connectivity index (χ1n) is 12.6. The van der Waals surface area contributed by atoms with Gasteiger partial charge in [0.1, 0.15) is 0 Å². The van der Waals surface area contributed by atoms with Crippen molar-refractivity contribution < 1.29 is 17.9 Å². The van der Waals surface area contributed by atoms with Gasteiger partial charge in [0.15, 0.2) is 5.13 Å². The average molecular weight is 580 g/mol. The maximum absolute atomic E-state index is 13.1. The van der Waals surface area contributed by atoms with Crippen LogP contribution in [0.4, 0.5) is 16.8 Å². The van der Waals surface area contributed by atoms with Gasteiger partial charge in [-0.1, -0.05) is 29.6 Å². The number of rotatable bonds is 9. The maximum Gasteiger partial charge on any atom is 0.319 e. The molecule has 1 saturated heterocycles. The number of ether oxygens (including phenoxy) is 1. The van der Waals surface area contributed by atoms with Gasteiger partial charge in [-0.15, -0.1) is 0 Å². The van der Waals surface area contributed by atoms with E-state index in [1.807, 2.05) is 30.4 Å². The molecule has 1 fully saturated rings. The number of piperidine rings is 1. The molecule has 0 saturated carbocycles. The first-order chi connectivity index (χ1) is 19.3. The fourth-order valence-electron chi connectivity index (χ4n) is 4.33. The van der Waals surface area contributed by atoms with Gasteiger partial charge in [0.05, 0.1) is 28.8 Å². The topological polar surface area (TPSA) is 152 Å². The highest BCUT2D eigenvalue weighted by Crippen LogP contribution is 2.26. The van der Waals surface area contributed by atoms with Gasteiger partial charge in [0, 0.05) is 42.8 Å². The second kappa shape index (κ2) is 12.1. The zero-order valence-electron chi connectivity index (χ0n) is 21.8. The molecule has 13 heteroatoms. The Bertz CT molecular complexity index is 1610. The molecule has 0 aliphatic carbocycles. The summed E-state index contributed by atoms with van der Waals surface area (Å²) in [4.78, 5) is 24.5. The lowest BCUT2D eigenvalue weighted by atomic mass is 10.1. The van der Waals surface area contributed by atoms with E-state index in [9.17, 15) is 13.2 Å². The molecule has 2 aromatic heterocycles. The van der Waals surface area contributed by atoms with E-state index in [0.29, 0.717) is 42.7 Å². The number of carbonyl (C=O) groups is 1. The molecule has 40 heavy (non-hydrogen) atoms. The summed E-state index contributed by atoms with van der Waals surface area (Å²) in [6.07, 6.45) is 8.55. The van der Waals surface area contributed by atoms with Gasteiger partial charge < -0.3 is 21.1 Å². The first-order valence-corrected chi connectivity index (χ1v) is 14.9. The highest BCUT2D eigenvalue weighted by Gasteiger charge is 2.29. The Kier molecular flexibility index (Phi) is 8.35.